The molecule has 7 heteroatoms. The minimum atomic E-state index is -0.292. The number of hydrogen-bond acceptors (Lipinski definition) is 5. The summed E-state index contributed by atoms with van der Waals surface area (Å²) in [6.07, 6.45) is 4.12. The van der Waals surface area contributed by atoms with E-state index >= 15 is 0 Å². The molecular formula is C17H23N3O4. The number of rotatable bonds is 6. The number of carbonyl (C=O) groups is 2. The second kappa shape index (κ2) is 8.21. The fourth-order valence-electron chi connectivity index (χ4n) is 2.89. The predicted octanol–water partition coefficient (Wildman–Crippen LogP) is 0.899. The van der Waals surface area contributed by atoms with E-state index in [0.29, 0.717) is 13.1 Å². The van der Waals surface area contributed by atoms with Crippen LogP contribution < -0.4 is 10.6 Å². The highest BCUT2D eigenvalue weighted by Gasteiger charge is 2.19. The first-order valence-electron chi connectivity index (χ1n) is 8.49. The molecule has 130 valence electrons. The zero-order chi connectivity index (χ0) is 16.8. The molecule has 2 unspecified atom stereocenters. The first-order valence-corrected chi connectivity index (χ1v) is 8.49. The summed E-state index contributed by atoms with van der Waals surface area (Å²) < 4.78 is 10.9. The lowest BCUT2D eigenvalue weighted by Gasteiger charge is -2.12. The molecule has 7 nitrogen and oxygen atoms in total. The molecule has 1 aromatic heterocycles. The standard InChI is InChI=1S/C17H23N3O4/c21-16(18-10-12-4-2-8-23-12)14-6-1-7-15(20-14)17(22)19-11-13-5-3-9-24-13/h1,6-7,12-13H,2-5,8-11H2,(H,18,21)(H,19,22). The molecule has 24 heavy (non-hydrogen) atoms. The van der Waals surface area contributed by atoms with Crippen LogP contribution in [0.2, 0.25) is 0 Å². The third-order valence-corrected chi connectivity index (χ3v) is 4.24. The normalized spacial score (nSPS) is 23.2. The van der Waals surface area contributed by atoms with Gasteiger partial charge in [-0.2, -0.15) is 0 Å². The number of nitrogens with one attached hydrogen (secondary N) is 2. The summed E-state index contributed by atoms with van der Waals surface area (Å²) in [5.41, 5.74) is 0.468. The Hall–Kier alpha value is -1.99. The SMILES string of the molecule is O=C(NCC1CCCO1)c1cccc(C(=O)NCC2CCCO2)n1. The van der Waals surface area contributed by atoms with Gasteiger partial charge in [-0.3, -0.25) is 9.59 Å². The Bertz CT molecular complexity index is 534. The highest BCUT2D eigenvalue weighted by Crippen LogP contribution is 2.12. The second-order valence-electron chi connectivity index (χ2n) is 6.10. The molecule has 2 fully saturated rings. The minimum absolute atomic E-state index is 0.0758. The fourth-order valence-corrected chi connectivity index (χ4v) is 2.89. The van der Waals surface area contributed by atoms with E-state index in [-0.39, 0.29) is 35.4 Å². The summed E-state index contributed by atoms with van der Waals surface area (Å²) in [4.78, 5) is 28.5. The third-order valence-electron chi connectivity index (χ3n) is 4.24. The van der Waals surface area contributed by atoms with Crippen LogP contribution in [-0.2, 0) is 9.47 Å². The maximum absolute atomic E-state index is 12.2. The van der Waals surface area contributed by atoms with Crippen LogP contribution in [0.3, 0.4) is 0 Å². The molecule has 2 aliphatic rings. The molecule has 0 radical (unpaired) electrons. The molecule has 2 aliphatic heterocycles. The van der Waals surface area contributed by atoms with Crippen LogP contribution in [-0.4, -0.2) is 55.3 Å². The van der Waals surface area contributed by atoms with Crippen LogP contribution in [0, 0.1) is 0 Å². The van der Waals surface area contributed by atoms with Crippen LogP contribution >= 0.6 is 0 Å². The van der Waals surface area contributed by atoms with E-state index in [2.05, 4.69) is 15.6 Å². The first-order chi connectivity index (χ1) is 11.7. The van der Waals surface area contributed by atoms with Crippen LogP contribution in [0.25, 0.3) is 0 Å². The van der Waals surface area contributed by atoms with Crippen molar-refractivity contribution in [1.29, 1.82) is 0 Å². The van der Waals surface area contributed by atoms with Crippen molar-refractivity contribution in [1.82, 2.24) is 15.6 Å². The van der Waals surface area contributed by atoms with Crippen molar-refractivity contribution in [3.05, 3.63) is 29.6 Å². The van der Waals surface area contributed by atoms with Crippen molar-refractivity contribution >= 4 is 11.8 Å². The van der Waals surface area contributed by atoms with Crippen molar-refractivity contribution < 1.29 is 19.1 Å². The zero-order valence-electron chi connectivity index (χ0n) is 13.6. The average Bonchev–Trinajstić information content (AvgIpc) is 3.31. The average molecular weight is 333 g/mol. The third kappa shape index (κ3) is 4.52. The molecule has 0 spiro atoms. The molecule has 0 bridgehead atoms. The molecule has 2 amide bonds. The van der Waals surface area contributed by atoms with Crippen LogP contribution in [0.5, 0.6) is 0 Å². The Labute approximate surface area is 141 Å². The first kappa shape index (κ1) is 16.9. The summed E-state index contributed by atoms with van der Waals surface area (Å²) in [7, 11) is 0. The molecule has 0 saturated carbocycles. The van der Waals surface area contributed by atoms with Gasteiger partial charge >= 0.3 is 0 Å². The summed E-state index contributed by atoms with van der Waals surface area (Å²) in [5, 5.41) is 5.61. The summed E-state index contributed by atoms with van der Waals surface area (Å²) in [6.45, 7) is 2.43. The zero-order valence-corrected chi connectivity index (χ0v) is 13.6. The van der Waals surface area contributed by atoms with E-state index in [1.807, 2.05) is 0 Å². The Morgan fingerprint density at radius 3 is 1.88 bits per heavy atom. The smallest absolute Gasteiger partial charge is 0.269 e. The van der Waals surface area contributed by atoms with Gasteiger partial charge < -0.3 is 20.1 Å². The topological polar surface area (TPSA) is 89.5 Å². The Morgan fingerprint density at radius 2 is 1.46 bits per heavy atom. The van der Waals surface area contributed by atoms with Gasteiger partial charge in [0.25, 0.3) is 11.8 Å². The van der Waals surface area contributed by atoms with E-state index in [1.165, 1.54) is 0 Å². The van der Waals surface area contributed by atoms with Gasteiger partial charge in [-0.1, -0.05) is 6.07 Å². The number of amides is 2. The monoisotopic (exact) mass is 333 g/mol. The van der Waals surface area contributed by atoms with Gasteiger partial charge in [-0.15, -0.1) is 0 Å². The maximum atomic E-state index is 12.2. The molecule has 1 aromatic rings. The highest BCUT2D eigenvalue weighted by atomic mass is 16.5. The quantitative estimate of drug-likeness (QED) is 0.807. The molecule has 0 aromatic carbocycles. The number of carbonyl (C=O) groups excluding carboxylic acids is 2. The maximum Gasteiger partial charge on any atom is 0.269 e. The lowest BCUT2D eigenvalue weighted by Crippen LogP contribution is -2.34. The van der Waals surface area contributed by atoms with Gasteiger partial charge in [-0.05, 0) is 37.8 Å². The lowest BCUT2D eigenvalue weighted by atomic mass is 10.2. The summed E-state index contributed by atoms with van der Waals surface area (Å²) in [6, 6.07) is 4.86. The number of hydrogen-bond donors (Lipinski definition) is 2. The number of pyridine rings is 1. The molecule has 3 rings (SSSR count). The van der Waals surface area contributed by atoms with E-state index in [0.717, 1.165) is 38.9 Å². The van der Waals surface area contributed by atoms with Gasteiger partial charge in [-0.25, -0.2) is 4.98 Å². The number of nitrogens with zero attached hydrogens (tertiary/aromatic N) is 1. The van der Waals surface area contributed by atoms with E-state index in [1.54, 1.807) is 18.2 Å². The summed E-state index contributed by atoms with van der Waals surface area (Å²) >= 11 is 0. The summed E-state index contributed by atoms with van der Waals surface area (Å²) in [5.74, 6) is -0.585. The highest BCUT2D eigenvalue weighted by molar-refractivity contribution is 5.96. The fraction of sp³-hybridized carbons (Fsp3) is 0.588. The molecule has 0 aliphatic carbocycles. The molecular weight excluding hydrogens is 310 g/mol. The van der Waals surface area contributed by atoms with Crippen molar-refractivity contribution in [2.75, 3.05) is 26.3 Å². The van der Waals surface area contributed by atoms with Crippen molar-refractivity contribution in [3.63, 3.8) is 0 Å². The van der Waals surface area contributed by atoms with Gasteiger partial charge in [0.15, 0.2) is 0 Å². The van der Waals surface area contributed by atoms with Gasteiger partial charge in [0.2, 0.25) is 0 Å². The Balaban J connectivity index is 1.52. The predicted molar refractivity (Wildman–Crippen MR) is 86.9 cm³/mol. The Kier molecular flexibility index (Phi) is 5.77. The van der Waals surface area contributed by atoms with Gasteiger partial charge in [0, 0.05) is 26.3 Å². The van der Waals surface area contributed by atoms with E-state index < -0.39 is 0 Å². The lowest BCUT2D eigenvalue weighted by molar-refractivity contribution is 0.0847. The van der Waals surface area contributed by atoms with Crippen LogP contribution in [0.15, 0.2) is 18.2 Å². The van der Waals surface area contributed by atoms with Gasteiger partial charge in [0.1, 0.15) is 11.4 Å². The van der Waals surface area contributed by atoms with E-state index in [4.69, 9.17) is 9.47 Å². The largest absolute Gasteiger partial charge is 0.376 e. The van der Waals surface area contributed by atoms with Crippen molar-refractivity contribution in [3.8, 4) is 0 Å². The van der Waals surface area contributed by atoms with Crippen molar-refractivity contribution in [2.24, 2.45) is 0 Å². The number of aromatic nitrogens is 1. The van der Waals surface area contributed by atoms with Crippen LogP contribution in [0.1, 0.15) is 46.7 Å². The molecule has 2 N–H and O–H groups in total. The molecule has 2 saturated heterocycles. The Morgan fingerprint density at radius 1 is 0.958 bits per heavy atom. The molecule has 2 atom stereocenters. The molecule has 3 heterocycles. The van der Waals surface area contributed by atoms with Gasteiger partial charge in [0.05, 0.1) is 12.2 Å². The van der Waals surface area contributed by atoms with Crippen LogP contribution in [0.4, 0.5) is 0 Å². The minimum Gasteiger partial charge on any atom is -0.376 e. The number of ether oxygens (including phenoxy) is 2. The van der Waals surface area contributed by atoms with Crippen molar-refractivity contribution in [2.45, 2.75) is 37.9 Å². The van der Waals surface area contributed by atoms with E-state index in [9.17, 15) is 9.59 Å². The second-order valence-corrected chi connectivity index (χ2v) is 6.10.